The Morgan fingerprint density at radius 3 is 2.66 bits per heavy atom. The number of hydrogen-bond donors (Lipinski definition) is 2. The van der Waals surface area contributed by atoms with E-state index in [4.69, 9.17) is 11.6 Å². The van der Waals surface area contributed by atoms with Crippen LogP contribution in [0.1, 0.15) is 69.8 Å². The maximum absolute atomic E-state index is 13.7. The van der Waals surface area contributed by atoms with E-state index >= 15 is 0 Å². The van der Waals surface area contributed by atoms with Crippen LogP contribution in [0.3, 0.4) is 0 Å². The number of fused-ring (bicyclic) bond motifs is 1. The van der Waals surface area contributed by atoms with Gasteiger partial charge in [0.15, 0.2) is 0 Å². The number of carbonyl (C=O) groups is 3. The molecular weight excluding hydrogens is 428 g/mol. The molecule has 0 bridgehead atoms. The fourth-order valence-corrected chi connectivity index (χ4v) is 4.94. The minimum Gasteiger partial charge on any atom is -0.354 e. The first kappa shape index (κ1) is 24.5. The van der Waals surface area contributed by atoms with Crippen molar-refractivity contribution in [3.05, 3.63) is 28.3 Å². The van der Waals surface area contributed by atoms with Gasteiger partial charge < -0.3 is 20.4 Å². The van der Waals surface area contributed by atoms with Gasteiger partial charge in [-0.05, 0) is 64.8 Å². The normalized spacial score (nSPS) is 19.8. The van der Waals surface area contributed by atoms with E-state index in [1.807, 2.05) is 32.6 Å². The molecule has 32 heavy (non-hydrogen) atoms. The topological polar surface area (TPSA) is 81.8 Å². The molecule has 176 valence electrons. The highest BCUT2D eigenvalue weighted by molar-refractivity contribution is 6.34. The van der Waals surface area contributed by atoms with Gasteiger partial charge in [0.05, 0.1) is 16.0 Å². The first-order valence-electron chi connectivity index (χ1n) is 11.6. The Balaban J connectivity index is 1.95. The molecule has 7 nitrogen and oxygen atoms in total. The predicted octanol–water partition coefficient (Wildman–Crippen LogP) is 3.09. The summed E-state index contributed by atoms with van der Waals surface area (Å²) < 4.78 is 0. The van der Waals surface area contributed by atoms with E-state index < -0.39 is 5.41 Å². The van der Waals surface area contributed by atoms with Gasteiger partial charge in [0.25, 0.3) is 5.91 Å². The molecule has 1 fully saturated rings. The number of amides is 3. The lowest BCUT2D eigenvalue weighted by atomic mass is 9.85. The smallest absolute Gasteiger partial charge is 0.255 e. The lowest BCUT2D eigenvalue weighted by Gasteiger charge is -2.38. The van der Waals surface area contributed by atoms with Crippen LogP contribution < -0.4 is 15.5 Å². The van der Waals surface area contributed by atoms with Gasteiger partial charge in [-0.2, -0.15) is 0 Å². The van der Waals surface area contributed by atoms with E-state index in [0.717, 1.165) is 31.5 Å². The van der Waals surface area contributed by atoms with Crippen molar-refractivity contribution in [1.29, 1.82) is 0 Å². The number of carbonyl (C=O) groups excluding carboxylic acids is 3. The van der Waals surface area contributed by atoms with E-state index in [9.17, 15) is 14.4 Å². The molecule has 0 spiro atoms. The van der Waals surface area contributed by atoms with Gasteiger partial charge in [-0.3, -0.25) is 14.4 Å². The lowest BCUT2D eigenvalue weighted by molar-refractivity contribution is -0.123. The molecule has 2 N–H and O–H groups in total. The fourth-order valence-electron chi connectivity index (χ4n) is 4.70. The van der Waals surface area contributed by atoms with Crippen molar-refractivity contribution in [1.82, 2.24) is 15.5 Å². The Hall–Kier alpha value is -2.12. The predicted molar refractivity (Wildman–Crippen MR) is 127 cm³/mol. The number of halogens is 1. The average Bonchev–Trinajstić information content (AvgIpc) is 2.93. The van der Waals surface area contributed by atoms with E-state index in [2.05, 4.69) is 10.6 Å². The number of piperidine rings is 1. The third kappa shape index (κ3) is 4.64. The third-order valence-electron chi connectivity index (χ3n) is 6.49. The van der Waals surface area contributed by atoms with Crippen LogP contribution in [-0.4, -0.2) is 60.9 Å². The van der Waals surface area contributed by atoms with E-state index in [1.165, 1.54) is 0 Å². The van der Waals surface area contributed by atoms with Crippen LogP contribution >= 0.6 is 11.6 Å². The van der Waals surface area contributed by atoms with Crippen LogP contribution in [0.4, 0.5) is 5.69 Å². The first-order valence-corrected chi connectivity index (χ1v) is 11.9. The molecule has 1 aromatic carbocycles. The van der Waals surface area contributed by atoms with Crippen LogP contribution in [0, 0.1) is 0 Å². The molecule has 3 rings (SSSR count). The second-order valence-electron chi connectivity index (χ2n) is 9.44. The molecule has 0 saturated carbocycles. The van der Waals surface area contributed by atoms with Crippen LogP contribution in [0.15, 0.2) is 12.1 Å². The summed E-state index contributed by atoms with van der Waals surface area (Å²) in [7, 11) is 0. The molecule has 1 aromatic rings. The minimum absolute atomic E-state index is 0.0233. The summed E-state index contributed by atoms with van der Waals surface area (Å²) in [5, 5.41) is 6.57. The first-order chi connectivity index (χ1) is 15.1. The molecule has 0 aromatic heterocycles. The van der Waals surface area contributed by atoms with Gasteiger partial charge in [0, 0.05) is 43.8 Å². The largest absolute Gasteiger partial charge is 0.354 e. The zero-order chi connectivity index (χ0) is 23.6. The third-order valence-corrected chi connectivity index (χ3v) is 6.81. The molecule has 1 saturated heterocycles. The van der Waals surface area contributed by atoms with Gasteiger partial charge in [0.1, 0.15) is 0 Å². The molecule has 2 aliphatic heterocycles. The summed E-state index contributed by atoms with van der Waals surface area (Å²) in [6.07, 6.45) is 2.37. The number of nitrogens with one attached hydrogen (secondary N) is 2. The zero-order valence-electron chi connectivity index (χ0n) is 19.8. The van der Waals surface area contributed by atoms with Gasteiger partial charge in [-0.15, -0.1) is 0 Å². The standard InChI is InChI=1S/C24H35ClN4O3/c1-6-21(30)27-10-11-28-20-12-17(19(25)13-18(20)24(4,5)23(28)32)22(31)29(15(2)3)16-8-7-9-26-14-16/h12-13,15-16,26H,6-11,14H2,1-5H3,(H,27,30)/t16-/m1/s1. The van der Waals surface area contributed by atoms with Gasteiger partial charge >= 0.3 is 0 Å². The molecule has 8 heteroatoms. The van der Waals surface area contributed by atoms with Crippen molar-refractivity contribution < 1.29 is 14.4 Å². The summed E-state index contributed by atoms with van der Waals surface area (Å²) in [5.41, 5.74) is 1.17. The summed E-state index contributed by atoms with van der Waals surface area (Å²) >= 11 is 6.63. The molecule has 3 amide bonds. The number of rotatable bonds is 7. The Kier molecular flexibility index (Phi) is 7.50. The number of hydrogen-bond acceptors (Lipinski definition) is 4. The minimum atomic E-state index is -0.750. The summed E-state index contributed by atoms with van der Waals surface area (Å²) in [6, 6.07) is 3.67. The van der Waals surface area contributed by atoms with E-state index in [0.29, 0.717) is 35.8 Å². The summed E-state index contributed by atoms with van der Waals surface area (Å²) in [4.78, 5) is 42.0. The monoisotopic (exact) mass is 462 g/mol. The molecular formula is C24H35ClN4O3. The molecule has 0 radical (unpaired) electrons. The summed E-state index contributed by atoms with van der Waals surface area (Å²) in [6.45, 7) is 12.0. The quantitative estimate of drug-likeness (QED) is 0.652. The number of anilines is 1. The molecule has 0 unspecified atom stereocenters. The van der Waals surface area contributed by atoms with Crippen LogP contribution in [-0.2, 0) is 15.0 Å². The van der Waals surface area contributed by atoms with Gasteiger partial charge in [-0.25, -0.2) is 0 Å². The second kappa shape index (κ2) is 9.79. The Labute approximate surface area is 195 Å². The Morgan fingerprint density at radius 2 is 2.06 bits per heavy atom. The Bertz CT molecular complexity index is 893. The molecule has 2 heterocycles. The molecule has 2 aliphatic rings. The van der Waals surface area contributed by atoms with Gasteiger partial charge in [-0.1, -0.05) is 18.5 Å². The van der Waals surface area contributed by atoms with Crippen molar-refractivity contribution in [3.8, 4) is 0 Å². The SMILES string of the molecule is CCC(=O)NCCN1C(=O)C(C)(C)c2cc(Cl)c(C(=O)N(C(C)C)[C@@H]3CCCNC3)cc21. The van der Waals surface area contributed by atoms with Crippen LogP contribution in [0.2, 0.25) is 5.02 Å². The van der Waals surface area contributed by atoms with E-state index in [-0.39, 0.29) is 29.8 Å². The zero-order valence-corrected chi connectivity index (χ0v) is 20.5. The number of nitrogens with zero attached hydrogens (tertiary/aromatic N) is 2. The average molecular weight is 463 g/mol. The highest BCUT2D eigenvalue weighted by Crippen LogP contribution is 2.44. The van der Waals surface area contributed by atoms with Crippen molar-refractivity contribution in [2.24, 2.45) is 0 Å². The highest BCUT2D eigenvalue weighted by atomic mass is 35.5. The lowest BCUT2D eigenvalue weighted by Crippen LogP contribution is -2.51. The van der Waals surface area contributed by atoms with Crippen molar-refractivity contribution >= 4 is 35.0 Å². The maximum atomic E-state index is 13.7. The summed E-state index contributed by atoms with van der Waals surface area (Å²) in [5.74, 6) is -0.231. The number of benzene rings is 1. The fraction of sp³-hybridized carbons (Fsp3) is 0.625. The second-order valence-corrected chi connectivity index (χ2v) is 9.85. The van der Waals surface area contributed by atoms with Crippen molar-refractivity contribution in [2.45, 2.75) is 71.4 Å². The van der Waals surface area contributed by atoms with Crippen LogP contribution in [0.5, 0.6) is 0 Å². The van der Waals surface area contributed by atoms with E-state index in [1.54, 1.807) is 24.0 Å². The van der Waals surface area contributed by atoms with Crippen LogP contribution in [0.25, 0.3) is 0 Å². The van der Waals surface area contributed by atoms with Crippen molar-refractivity contribution in [3.63, 3.8) is 0 Å². The highest BCUT2D eigenvalue weighted by Gasteiger charge is 2.45. The maximum Gasteiger partial charge on any atom is 0.255 e. The molecule has 1 atom stereocenters. The molecule has 0 aliphatic carbocycles. The Morgan fingerprint density at radius 1 is 1.34 bits per heavy atom. The van der Waals surface area contributed by atoms with Gasteiger partial charge in [0.2, 0.25) is 11.8 Å². The van der Waals surface area contributed by atoms with Crippen molar-refractivity contribution in [2.75, 3.05) is 31.1 Å².